The Hall–Kier alpha value is -3.32. The zero-order valence-electron chi connectivity index (χ0n) is 16.5. The number of ether oxygens (including phenoxy) is 1. The van der Waals surface area contributed by atoms with E-state index < -0.39 is 10.0 Å². The van der Waals surface area contributed by atoms with Crippen molar-refractivity contribution in [2.75, 3.05) is 23.3 Å². The summed E-state index contributed by atoms with van der Waals surface area (Å²) in [7, 11) is -2.14. The maximum Gasteiger partial charge on any atom is 0.264 e. The third kappa shape index (κ3) is 3.89. The first-order valence-electron chi connectivity index (χ1n) is 9.65. The van der Waals surface area contributed by atoms with E-state index >= 15 is 0 Å². The van der Waals surface area contributed by atoms with Gasteiger partial charge < -0.3 is 10.1 Å². The molecule has 0 aromatic heterocycles. The van der Waals surface area contributed by atoms with E-state index in [-0.39, 0.29) is 10.8 Å². The van der Waals surface area contributed by atoms with E-state index in [1.807, 2.05) is 24.3 Å². The highest BCUT2D eigenvalue weighted by Gasteiger charge is 2.28. The maximum absolute atomic E-state index is 13.2. The monoisotopic (exact) mass is 422 g/mol. The first kappa shape index (κ1) is 20.0. The number of anilines is 2. The molecule has 1 heterocycles. The van der Waals surface area contributed by atoms with Gasteiger partial charge in [0.25, 0.3) is 15.9 Å². The van der Waals surface area contributed by atoms with E-state index in [1.165, 1.54) is 28.6 Å². The minimum atomic E-state index is -3.70. The number of rotatable bonds is 5. The quantitative estimate of drug-likeness (QED) is 0.672. The van der Waals surface area contributed by atoms with Crippen molar-refractivity contribution in [1.82, 2.24) is 0 Å². The lowest BCUT2D eigenvalue weighted by Crippen LogP contribution is -2.35. The Kier molecular flexibility index (Phi) is 5.46. The number of carbonyl (C=O) groups excluding carboxylic acids is 1. The van der Waals surface area contributed by atoms with E-state index in [0.717, 1.165) is 24.1 Å². The molecule has 0 aliphatic carbocycles. The van der Waals surface area contributed by atoms with Gasteiger partial charge in [0, 0.05) is 23.9 Å². The van der Waals surface area contributed by atoms with Crippen LogP contribution >= 0.6 is 0 Å². The number of para-hydroxylation sites is 1. The van der Waals surface area contributed by atoms with Gasteiger partial charge in [-0.1, -0.05) is 24.3 Å². The summed E-state index contributed by atoms with van der Waals surface area (Å²) in [5, 5.41) is 2.79. The molecule has 0 atom stereocenters. The van der Waals surface area contributed by atoms with Gasteiger partial charge in [0.2, 0.25) is 0 Å². The van der Waals surface area contributed by atoms with E-state index in [9.17, 15) is 13.2 Å². The molecule has 4 rings (SSSR count). The fourth-order valence-electron chi connectivity index (χ4n) is 3.56. The van der Waals surface area contributed by atoms with Crippen LogP contribution in [0.5, 0.6) is 5.75 Å². The van der Waals surface area contributed by atoms with Crippen LogP contribution in [0.25, 0.3) is 0 Å². The molecule has 1 amide bonds. The van der Waals surface area contributed by atoms with Crippen LogP contribution in [0, 0.1) is 0 Å². The minimum absolute atomic E-state index is 0.164. The van der Waals surface area contributed by atoms with Crippen LogP contribution in [0.2, 0.25) is 0 Å². The molecule has 1 N–H and O–H groups in total. The van der Waals surface area contributed by atoms with Gasteiger partial charge >= 0.3 is 0 Å². The molecule has 0 radical (unpaired) electrons. The predicted molar refractivity (Wildman–Crippen MR) is 117 cm³/mol. The summed E-state index contributed by atoms with van der Waals surface area (Å²) in [5.74, 6) is 0.312. The highest BCUT2D eigenvalue weighted by Crippen LogP contribution is 2.31. The summed E-state index contributed by atoms with van der Waals surface area (Å²) in [6, 6.07) is 20.6. The van der Waals surface area contributed by atoms with Gasteiger partial charge in [-0.3, -0.25) is 9.10 Å². The second kappa shape index (κ2) is 8.20. The Morgan fingerprint density at radius 2 is 1.77 bits per heavy atom. The third-order valence-corrected chi connectivity index (χ3v) is 6.93. The van der Waals surface area contributed by atoms with E-state index in [1.54, 1.807) is 31.4 Å². The Balaban J connectivity index is 1.55. The molecule has 0 saturated carbocycles. The third-order valence-electron chi connectivity index (χ3n) is 5.10. The van der Waals surface area contributed by atoms with Crippen LogP contribution in [0.1, 0.15) is 22.3 Å². The fraction of sp³-hybridized carbons (Fsp3) is 0.174. The largest absolute Gasteiger partial charge is 0.497 e. The van der Waals surface area contributed by atoms with Crippen molar-refractivity contribution in [3.63, 3.8) is 0 Å². The van der Waals surface area contributed by atoms with Crippen molar-refractivity contribution < 1.29 is 17.9 Å². The molecule has 30 heavy (non-hydrogen) atoms. The van der Waals surface area contributed by atoms with Crippen LogP contribution in [0.4, 0.5) is 11.4 Å². The average Bonchev–Trinajstić information content (AvgIpc) is 2.79. The van der Waals surface area contributed by atoms with Crippen LogP contribution in [0.3, 0.4) is 0 Å². The molecule has 3 aromatic carbocycles. The summed E-state index contributed by atoms with van der Waals surface area (Å²) in [6.07, 6.45) is 1.64. The van der Waals surface area contributed by atoms with Gasteiger partial charge in [-0.2, -0.15) is 0 Å². The van der Waals surface area contributed by atoms with Crippen LogP contribution in [-0.4, -0.2) is 28.0 Å². The molecule has 0 unspecified atom stereocenters. The van der Waals surface area contributed by atoms with Crippen LogP contribution < -0.4 is 14.4 Å². The molecule has 6 nitrogen and oxygen atoms in total. The average molecular weight is 423 g/mol. The van der Waals surface area contributed by atoms with Gasteiger partial charge in [-0.15, -0.1) is 0 Å². The Morgan fingerprint density at radius 3 is 2.53 bits per heavy atom. The number of amides is 1. The molecule has 154 valence electrons. The number of nitrogens with zero attached hydrogens (tertiary/aromatic N) is 1. The Morgan fingerprint density at radius 1 is 1.00 bits per heavy atom. The van der Waals surface area contributed by atoms with Crippen LogP contribution in [0.15, 0.2) is 77.7 Å². The van der Waals surface area contributed by atoms with Gasteiger partial charge in [-0.25, -0.2) is 8.42 Å². The second-order valence-electron chi connectivity index (χ2n) is 7.02. The minimum Gasteiger partial charge on any atom is -0.497 e. The number of sulfonamides is 1. The van der Waals surface area contributed by atoms with E-state index in [4.69, 9.17) is 4.74 Å². The number of hydrogen-bond acceptors (Lipinski definition) is 4. The molecule has 0 bridgehead atoms. The standard InChI is InChI=1S/C23H22N2O4S/c1-29-20-9-4-8-19(16-20)24-23(26)18-11-13-21(14-12-18)30(27,28)25-15-5-7-17-6-2-3-10-22(17)25/h2-4,6,8-14,16H,5,7,15H2,1H3,(H,24,26). The van der Waals surface area contributed by atoms with Crippen molar-refractivity contribution >= 4 is 27.3 Å². The number of fused-ring (bicyclic) bond motifs is 1. The topological polar surface area (TPSA) is 75.7 Å². The maximum atomic E-state index is 13.2. The molecule has 0 spiro atoms. The summed E-state index contributed by atoms with van der Waals surface area (Å²) in [6.45, 7) is 0.442. The number of carbonyl (C=O) groups is 1. The molecule has 1 aliphatic heterocycles. The van der Waals surface area contributed by atoms with Gasteiger partial charge in [0.05, 0.1) is 17.7 Å². The molecule has 0 fully saturated rings. The van der Waals surface area contributed by atoms with Crippen molar-refractivity contribution in [3.8, 4) is 5.75 Å². The molecule has 0 saturated heterocycles. The lowest BCUT2D eigenvalue weighted by atomic mass is 10.0. The fourth-order valence-corrected chi connectivity index (χ4v) is 5.10. The number of methoxy groups -OCH3 is 1. The van der Waals surface area contributed by atoms with Crippen molar-refractivity contribution in [1.29, 1.82) is 0 Å². The Bertz CT molecular complexity index is 1170. The number of hydrogen-bond donors (Lipinski definition) is 1. The van der Waals surface area contributed by atoms with Gasteiger partial charge in [0.1, 0.15) is 5.75 Å². The van der Waals surface area contributed by atoms with E-state index in [2.05, 4.69) is 5.32 Å². The molecular formula is C23H22N2O4S. The number of benzene rings is 3. The molecular weight excluding hydrogens is 400 g/mol. The SMILES string of the molecule is COc1cccc(NC(=O)c2ccc(S(=O)(=O)N3CCCc4ccccc43)cc2)c1. The lowest BCUT2D eigenvalue weighted by molar-refractivity contribution is 0.102. The highest BCUT2D eigenvalue weighted by molar-refractivity contribution is 7.92. The molecule has 3 aromatic rings. The normalized spacial score (nSPS) is 13.4. The lowest BCUT2D eigenvalue weighted by Gasteiger charge is -2.30. The molecule has 1 aliphatic rings. The van der Waals surface area contributed by atoms with Crippen molar-refractivity contribution in [3.05, 3.63) is 83.9 Å². The summed E-state index contributed by atoms with van der Waals surface area (Å²) < 4.78 is 33.0. The first-order valence-corrected chi connectivity index (χ1v) is 11.1. The van der Waals surface area contributed by atoms with Crippen molar-refractivity contribution in [2.24, 2.45) is 0 Å². The highest BCUT2D eigenvalue weighted by atomic mass is 32.2. The predicted octanol–water partition coefficient (Wildman–Crippen LogP) is 4.09. The summed E-state index contributed by atoms with van der Waals surface area (Å²) in [5.41, 5.74) is 2.72. The zero-order valence-corrected chi connectivity index (χ0v) is 17.4. The first-order chi connectivity index (χ1) is 14.5. The number of aryl methyl sites for hydroxylation is 1. The van der Waals surface area contributed by atoms with Crippen molar-refractivity contribution in [2.45, 2.75) is 17.7 Å². The summed E-state index contributed by atoms with van der Waals surface area (Å²) in [4.78, 5) is 12.7. The summed E-state index contributed by atoms with van der Waals surface area (Å²) >= 11 is 0. The van der Waals surface area contributed by atoms with Crippen LogP contribution in [-0.2, 0) is 16.4 Å². The second-order valence-corrected chi connectivity index (χ2v) is 8.88. The number of nitrogens with one attached hydrogen (secondary N) is 1. The zero-order chi connectivity index (χ0) is 21.1. The van der Waals surface area contributed by atoms with E-state index in [0.29, 0.717) is 23.5 Å². The van der Waals surface area contributed by atoms with Gasteiger partial charge in [0.15, 0.2) is 0 Å². The Labute approximate surface area is 176 Å². The smallest absolute Gasteiger partial charge is 0.264 e. The molecule has 7 heteroatoms. The van der Waals surface area contributed by atoms with Gasteiger partial charge in [-0.05, 0) is 60.9 Å².